The number of nitrogens with zero attached hydrogens (tertiary/aromatic N) is 4. The van der Waals surface area contributed by atoms with E-state index in [1.54, 1.807) is 23.0 Å². The van der Waals surface area contributed by atoms with Crippen LogP contribution in [-0.4, -0.2) is 37.1 Å². The Bertz CT molecular complexity index is 1580. The molecule has 1 aliphatic carbocycles. The number of carbonyl (C=O) groups is 1. The molecule has 0 spiro atoms. The second-order valence-corrected chi connectivity index (χ2v) is 9.94. The van der Waals surface area contributed by atoms with Crippen LogP contribution in [0.15, 0.2) is 48.8 Å². The number of carbonyl (C=O) groups excluding carboxylic acids is 1. The van der Waals surface area contributed by atoms with Crippen molar-refractivity contribution in [1.29, 1.82) is 0 Å². The van der Waals surface area contributed by atoms with Gasteiger partial charge in [-0.2, -0.15) is 8.78 Å². The van der Waals surface area contributed by atoms with Crippen LogP contribution in [0.4, 0.5) is 8.78 Å². The molecule has 2 bridgehead atoms. The fraction of sp³-hybridized carbons (Fsp3) is 0.308. The van der Waals surface area contributed by atoms with E-state index in [1.165, 1.54) is 18.2 Å². The van der Waals surface area contributed by atoms with Gasteiger partial charge in [0.15, 0.2) is 11.5 Å². The number of nitrogens with two attached hydrogens (primary N) is 1. The van der Waals surface area contributed by atoms with Gasteiger partial charge in [-0.25, -0.2) is 15.0 Å². The maximum Gasteiger partial charge on any atom is 0.387 e. The lowest BCUT2D eigenvalue weighted by Gasteiger charge is -2.36. The molecule has 1 amide bonds. The van der Waals surface area contributed by atoms with Gasteiger partial charge in [-0.05, 0) is 49.1 Å². The van der Waals surface area contributed by atoms with Gasteiger partial charge < -0.3 is 25.5 Å². The summed E-state index contributed by atoms with van der Waals surface area (Å²) >= 11 is 0. The zero-order valence-electron chi connectivity index (χ0n) is 19.5. The molecule has 0 radical (unpaired) electrons. The van der Waals surface area contributed by atoms with Crippen LogP contribution in [0.25, 0.3) is 22.2 Å². The molecule has 2 atom stereocenters. The molecule has 4 N–H and O–H groups in total. The van der Waals surface area contributed by atoms with Gasteiger partial charge in [0.25, 0.3) is 5.91 Å². The lowest BCUT2D eigenvalue weighted by molar-refractivity contribution is -0.0507. The van der Waals surface area contributed by atoms with Crippen LogP contribution in [0.5, 0.6) is 5.75 Å². The standard InChI is InChI=1S/C26H22F2N6O3/c27-24(28)37-19-4-1-3-15-20(19)18-10-26(36,33-21(15)35)23-32-16-6-5-13(9-17(16)34(18)23)14-11-30-22(31-12-14)25(29)7-2-8-25/h1,3-6,9,11-12,18,24,36H,2,7-8,10,29H2,(H,33,35)/t18-,26+/m1/s1. The van der Waals surface area contributed by atoms with E-state index in [0.717, 1.165) is 30.4 Å². The Hall–Kier alpha value is -3.96. The number of nitrogens with one attached hydrogen (secondary N) is 1. The summed E-state index contributed by atoms with van der Waals surface area (Å²) < 4.78 is 33.1. The minimum atomic E-state index is -3.07. The van der Waals surface area contributed by atoms with E-state index in [4.69, 9.17) is 10.5 Å². The number of halogens is 2. The van der Waals surface area contributed by atoms with Crippen molar-refractivity contribution >= 4 is 16.9 Å². The number of hydrogen-bond acceptors (Lipinski definition) is 7. The Balaban J connectivity index is 1.37. The Morgan fingerprint density at radius 1 is 1.16 bits per heavy atom. The van der Waals surface area contributed by atoms with Gasteiger partial charge in [0.1, 0.15) is 11.6 Å². The Morgan fingerprint density at radius 3 is 2.65 bits per heavy atom. The van der Waals surface area contributed by atoms with E-state index in [-0.39, 0.29) is 29.1 Å². The van der Waals surface area contributed by atoms with Crippen LogP contribution in [0.2, 0.25) is 0 Å². The summed E-state index contributed by atoms with van der Waals surface area (Å²) in [5.74, 6) is 0.163. The van der Waals surface area contributed by atoms with E-state index in [1.807, 2.05) is 12.1 Å². The van der Waals surface area contributed by atoms with Crippen LogP contribution >= 0.6 is 0 Å². The SMILES string of the molecule is NC1(c2ncc(-c3ccc4nc5n(c4c3)[C@@H]3C[C@@]5(O)NC(=O)c4cccc(OC(F)F)c43)cn2)CCC1. The van der Waals surface area contributed by atoms with E-state index in [0.29, 0.717) is 16.9 Å². The monoisotopic (exact) mass is 504 g/mol. The van der Waals surface area contributed by atoms with Crippen LogP contribution in [0, 0.1) is 0 Å². The molecule has 2 aromatic heterocycles. The number of fused-ring (bicyclic) bond motifs is 9. The number of ether oxygens (including phenoxy) is 1. The van der Waals surface area contributed by atoms with Crippen molar-refractivity contribution in [2.24, 2.45) is 5.73 Å². The van der Waals surface area contributed by atoms with Crippen LogP contribution in [0.3, 0.4) is 0 Å². The molecular formula is C26H22F2N6O3. The zero-order chi connectivity index (χ0) is 25.5. The largest absolute Gasteiger partial charge is 0.434 e. The average molecular weight is 504 g/mol. The van der Waals surface area contributed by atoms with E-state index < -0.39 is 29.8 Å². The number of benzene rings is 2. The van der Waals surface area contributed by atoms with Gasteiger partial charge in [-0.15, -0.1) is 0 Å². The summed E-state index contributed by atoms with van der Waals surface area (Å²) in [6.07, 6.45) is 6.27. The number of aliphatic hydroxyl groups is 1. The van der Waals surface area contributed by atoms with Gasteiger partial charge in [0, 0.05) is 35.5 Å². The summed E-state index contributed by atoms with van der Waals surface area (Å²) in [5, 5.41) is 14.1. The fourth-order valence-electron chi connectivity index (χ4n) is 5.74. The van der Waals surface area contributed by atoms with Gasteiger partial charge >= 0.3 is 6.61 Å². The number of amides is 1. The first kappa shape index (κ1) is 22.3. The second-order valence-electron chi connectivity index (χ2n) is 9.94. The topological polar surface area (TPSA) is 128 Å². The first-order valence-electron chi connectivity index (χ1n) is 12.0. The number of imidazole rings is 1. The van der Waals surface area contributed by atoms with Gasteiger partial charge in [0.05, 0.1) is 22.6 Å². The van der Waals surface area contributed by atoms with Crippen molar-refractivity contribution in [3.63, 3.8) is 0 Å². The molecule has 3 aliphatic rings. The van der Waals surface area contributed by atoms with Gasteiger partial charge in [-0.1, -0.05) is 12.1 Å². The van der Waals surface area contributed by atoms with Gasteiger partial charge in [-0.3, -0.25) is 4.79 Å². The first-order chi connectivity index (χ1) is 17.8. The number of alkyl halides is 2. The predicted octanol–water partition coefficient (Wildman–Crippen LogP) is 3.31. The molecule has 1 fully saturated rings. The molecule has 11 heteroatoms. The Labute approximate surface area is 209 Å². The van der Waals surface area contributed by atoms with Crippen LogP contribution in [-0.2, 0) is 11.3 Å². The van der Waals surface area contributed by atoms with Crippen molar-refractivity contribution in [1.82, 2.24) is 24.8 Å². The highest BCUT2D eigenvalue weighted by Gasteiger charge is 2.51. The predicted molar refractivity (Wildman–Crippen MR) is 128 cm³/mol. The van der Waals surface area contributed by atoms with Crippen LogP contribution in [0.1, 0.15) is 59.3 Å². The molecule has 1 saturated carbocycles. The first-order valence-corrected chi connectivity index (χ1v) is 12.0. The van der Waals surface area contributed by atoms with E-state index >= 15 is 0 Å². The van der Waals surface area contributed by atoms with Gasteiger partial charge in [0.2, 0.25) is 0 Å². The number of rotatable bonds is 4. The van der Waals surface area contributed by atoms with Crippen molar-refractivity contribution < 1.29 is 23.4 Å². The maximum absolute atomic E-state index is 13.3. The molecule has 2 aliphatic heterocycles. The van der Waals surface area contributed by atoms with Crippen molar-refractivity contribution in [3.05, 3.63) is 71.6 Å². The molecule has 0 unspecified atom stereocenters. The maximum atomic E-state index is 13.3. The molecule has 0 saturated heterocycles. The van der Waals surface area contributed by atoms with Crippen LogP contribution < -0.4 is 15.8 Å². The molecule has 4 aromatic rings. The number of hydrogen-bond donors (Lipinski definition) is 3. The second kappa shape index (κ2) is 7.53. The normalized spacial score (nSPS) is 23.3. The molecule has 7 rings (SSSR count). The van der Waals surface area contributed by atoms with Crippen molar-refractivity contribution in [2.45, 2.75) is 49.6 Å². The lowest BCUT2D eigenvalue weighted by atomic mass is 9.77. The van der Waals surface area contributed by atoms with E-state index in [2.05, 4.69) is 20.3 Å². The van der Waals surface area contributed by atoms with E-state index in [9.17, 15) is 18.7 Å². The molecule has 188 valence electrons. The molecule has 9 nitrogen and oxygen atoms in total. The summed E-state index contributed by atoms with van der Waals surface area (Å²) in [6, 6.07) is 9.31. The average Bonchev–Trinajstić information content (AvgIpc) is 3.33. The highest BCUT2D eigenvalue weighted by molar-refractivity contribution is 5.98. The third kappa shape index (κ3) is 3.20. The smallest absolute Gasteiger partial charge is 0.387 e. The fourth-order valence-corrected chi connectivity index (χ4v) is 5.74. The molecule has 4 heterocycles. The number of aromatic nitrogens is 4. The quantitative estimate of drug-likeness (QED) is 0.389. The van der Waals surface area contributed by atoms with Crippen molar-refractivity contribution in [3.8, 4) is 16.9 Å². The minimum Gasteiger partial charge on any atom is -0.434 e. The summed E-state index contributed by atoms with van der Waals surface area (Å²) in [4.78, 5) is 26.6. The van der Waals surface area contributed by atoms with Crippen molar-refractivity contribution in [2.75, 3.05) is 0 Å². The lowest BCUT2D eigenvalue weighted by Crippen LogP contribution is -2.44. The summed E-state index contributed by atoms with van der Waals surface area (Å²) in [7, 11) is 0. The highest BCUT2D eigenvalue weighted by atomic mass is 19.3. The third-order valence-electron chi connectivity index (χ3n) is 7.72. The summed E-state index contributed by atoms with van der Waals surface area (Å²) in [6.45, 7) is -3.07. The molecular weight excluding hydrogens is 482 g/mol. The highest BCUT2D eigenvalue weighted by Crippen LogP contribution is 2.49. The Kier molecular flexibility index (Phi) is 4.53. The third-order valence-corrected chi connectivity index (χ3v) is 7.72. The zero-order valence-corrected chi connectivity index (χ0v) is 19.5. The minimum absolute atomic E-state index is 0.0221. The summed E-state index contributed by atoms with van der Waals surface area (Å²) in [5.41, 5.74) is 7.40. The molecule has 2 aromatic carbocycles. The molecule has 37 heavy (non-hydrogen) atoms. The Morgan fingerprint density at radius 2 is 1.95 bits per heavy atom.